The molecule has 0 aromatic rings. The molecule has 0 radical (unpaired) electrons. The zero-order chi connectivity index (χ0) is 13.8. The predicted molar refractivity (Wildman–Crippen MR) is 94.2 cm³/mol. The molecule has 1 aliphatic rings. The quantitative estimate of drug-likeness (QED) is 0.461. The molecule has 1 aliphatic heterocycles. The maximum atomic E-state index is 6.09. The van der Waals surface area contributed by atoms with Crippen LogP contribution in [0, 0.1) is 11.3 Å². The smallest absolute Gasteiger partial charge is 0.191 e. The maximum absolute atomic E-state index is 6.09. The molecule has 19 heavy (non-hydrogen) atoms. The number of hydrogen-bond acceptors (Lipinski definition) is 2. The Morgan fingerprint density at radius 2 is 1.84 bits per heavy atom. The normalized spacial score (nSPS) is 18.6. The van der Waals surface area contributed by atoms with Crippen molar-refractivity contribution in [3.63, 3.8) is 0 Å². The summed E-state index contributed by atoms with van der Waals surface area (Å²) in [5.74, 6) is 1.56. The number of nitrogens with two attached hydrogens (primary N) is 1. The van der Waals surface area contributed by atoms with Gasteiger partial charge in [0, 0.05) is 26.2 Å². The van der Waals surface area contributed by atoms with Gasteiger partial charge < -0.3 is 15.5 Å². The van der Waals surface area contributed by atoms with E-state index in [1.165, 1.54) is 12.8 Å². The number of likely N-dealkylation sites (tertiary alicyclic amines) is 1. The number of halogens is 1. The fourth-order valence-corrected chi connectivity index (χ4v) is 2.54. The number of nitrogens with zero attached hydrogens (tertiary/aromatic N) is 3. The Kier molecular flexibility index (Phi) is 8.27. The molecule has 0 aromatic carbocycles. The van der Waals surface area contributed by atoms with Crippen LogP contribution in [-0.2, 0) is 0 Å². The fourth-order valence-electron chi connectivity index (χ4n) is 2.54. The molecular formula is C14H31IN4. The van der Waals surface area contributed by atoms with Crippen LogP contribution in [0.5, 0.6) is 0 Å². The number of guanidine groups is 1. The highest BCUT2D eigenvalue weighted by Crippen LogP contribution is 2.18. The second-order valence-electron chi connectivity index (χ2n) is 6.75. The molecule has 0 unspecified atom stereocenters. The SMILES string of the molecule is CC1CCN(C(N)=NCC(C)(C)CN(C)C)CC1.I. The summed E-state index contributed by atoms with van der Waals surface area (Å²) >= 11 is 0. The van der Waals surface area contributed by atoms with Gasteiger partial charge in [-0.2, -0.15) is 0 Å². The molecule has 0 spiro atoms. The molecule has 4 nitrogen and oxygen atoms in total. The van der Waals surface area contributed by atoms with Crippen molar-refractivity contribution in [2.45, 2.75) is 33.6 Å². The second-order valence-corrected chi connectivity index (χ2v) is 6.75. The predicted octanol–water partition coefficient (Wildman–Crippen LogP) is 2.24. The summed E-state index contributed by atoms with van der Waals surface area (Å²) < 4.78 is 0. The Morgan fingerprint density at radius 3 is 2.32 bits per heavy atom. The van der Waals surface area contributed by atoms with E-state index >= 15 is 0 Å². The zero-order valence-electron chi connectivity index (χ0n) is 13.1. The third-order valence-electron chi connectivity index (χ3n) is 3.52. The Bertz CT molecular complexity index is 281. The first-order chi connectivity index (χ1) is 8.30. The highest BCUT2D eigenvalue weighted by atomic mass is 127. The Hall–Kier alpha value is -0.0400. The molecule has 0 bridgehead atoms. The lowest BCUT2D eigenvalue weighted by molar-refractivity contribution is 0.245. The van der Waals surface area contributed by atoms with E-state index in [-0.39, 0.29) is 29.4 Å². The van der Waals surface area contributed by atoms with Gasteiger partial charge in [-0.3, -0.25) is 4.99 Å². The van der Waals surface area contributed by atoms with Crippen LogP contribution in [0.3, 0.4) is 0 Å². The van der Waals surface area contributed by atoms with Crippen molar-refractivity contribution < 1.29 is 0 Å². The highest BCUT2D eigenvalue weighted by Gasteiger charge is 2.20. The van der Waals surface area contributed by atoms with Crippen molar-refractivity contribution in [3.8, 4) is 0 Å². The monoisotopic (exact) mass is 382 g/mol. The van der Waals surface area contributed by atoms with Crippen molar-refractivity contribution >= 4 is 29.9 Å². The van der Waals surface area contributed by atoms with Crippen LogP contribution in [0.4, 0.5) is 0 Å². The van der Waals surface area contributed by atoms with E-state index in [0.29, 0.717) is 0 Å². The minimum atomic E-state index is 0. The number of aliphatic imine (C=N–C) groups is 1. The van der Waals surface area contributed by atoms with Gasteiger partial charge in [-0.15, -0.1) is 24.0 Å². The molecule has 1 heterocycles. The van der Waals surface area contributed by atoms with Crippen molar-refractivity contribution in [1.82, 2.24) is 9.80 Å². The first-order valence-electron chi connectivity index (χ1n) is 7.00. The largest absolute Gasteiger partial charge is 0.370 e. The lowest BCUT2D eigenvalue weighted by Crippen LogP contribution is -2.43. The van der Waals surface area contributed by atoms with Crippen LogP contribution in [0.1, 0.15) is 33.6 Å². The van der Waals surface area contributed by atoms with Gasteiger partial charge in [0.1, 0.15) is 0 Å². The summed E-state index contributed by atoms with van der Waals surface area (Å²) in [5, 5.41) is 0. The fraction of sp³-hybridized carbons (Fsp3) is 0.929. The first-order valence-corrected chi connectivity index (χ1v) is 7.00. The van der Waals surface area contributed by atoms with E-state index < -0.39 is 0 Å². The van der Waals surface area contributed by atoms with Crippen LogP contribution >= 0.6 is 24.0 Å². The molecule has 1 saturated heterocycles. The lowest BCUT2D eigenvalue weighted by atomic mass is 9.93. The molecular weight excluding hydrogens is 351 g/mol. The Morgan fingerprint density at radius 1 is 1.32 bits per heavy atom. The lowest BCUT2D eigenvalue weighted by Gasteiger charge is -2.32. The molecule has 1 rings (SSSR count). The van der Waals surface area contributed by atoms with Crippen molar-refractivity contribution in [2.75, 3.05) is 40.3 Å². The van der Waals surface area contributed by atoms with Gasteiger partial charge in [-0.1, -0.05) is 20.8 Å². The summed E-state index contributed by atoms with van der Waals surface area (Å²) in [6.45, 7) is 10.7. The van der Waals surface area contributed by atoms with Crippen molar-refractivity contribution in [3.05, 3.63) is 0 Å². The van der Waals surface area contributed by atoms with Crippen LogP contribution in [-0.4, -0.2) is 56.0 Å². The molecule has 0 aliphatic carbocycles. The van der Waals surface area contributed by atoms with Crippen molar-refractivity contribution in [1.29, 1.82) is 0 Å². The van der Waals surface area contributed by atoms with E-state index in [1.54, 1.807) is 0 Å². The highest BCUT2D eigenvalue weighted by molar-refractivity contribution is 14.0. The maximum Gasteiger partial charge on any atom is 0.191 e. The topological polar surface area (TPSA) is 44.9 Å². The van der Waals surface area contributed by atoms with Crippen molar-refractivity contribution in [2.24, 2.45) is 22.1 Å². The molecule has 0 amide bonds. The van der Waals surface area contributed by atoms with Gasteiger partial charge in [0.2, 0.25) is 0 Å². The average Bonchev–Trinajstić information content (AvgIpc) is 2.25. The van der Waals surface area contributed by atoms with Gasteiger partial charge in [-0.05, 0) is 38.3 Å². The summed E-state index contributed by atoms with van der Waals surface area (Å²) in [7, 11) is 4.20. The molecule has 1 fully saturated rings. The summed E-state index contributed by atoms with van der Waals surface area (Å²) in [5.41, 5.74) is 6.27. The molecule has 0 aromatic heterocycles. The van der Waals surface area contributed by atoms with E-state index in [4.69, 9.17) is 5.73 Å². The molecule has 0 saturated carbocycles. The second kappa shape index (κ2) is 8.29. The number of piperidine rings is 1. The van der Waals surface area contributed by atoms with Crippen LogP contribution in [0.15, 0.2) is 4.99 Å². The van der Waals surface area contributed by atoms with Gasteiger partial charge in [0.25, 0.3) is 0 Å². The first kappa shape index (κ1) is 19.0. The van der Waals surface area contributed by atoms with E-state index in [0.717, 1.165) is 38.1 Å². The summed E-state index contributed by atoms with van der Waals surface area (Å²) in [6.07, 6.45) is 2.47. The van der Waals surface area contributed by atoms with E-state index in [9.17, 15) is 0 Å². The Labute approximate surface area is 135 Å². The van der Waals surface area contributed by atoms with Crippen LogP contribution in [0.25, 0.3) is 0 Å². The van der Waals surface area contributed by atoms with Crippen LogP contribution in [0.2, 0.25) is 0 Å². The summed E-state index contributed by atoms with van der Waals surface area (Å²) in [6, 6.07) is 0. The summed E-state index contributed by atoms with van der Waals surface area (Å²) in [4.78, 5) is 9.02. The minimum absolute atomic E-state index is 0. The third-order valence-corrected chi connectivity index (χ3v) is 3.52. The molecule has 2 N–H and O–H groups in total. The third kappa shape index (κ3) is 7.34. The van der Waals surface area contributed by atoms with Crippen LogP contribution < -0.4 is 5.73 Å². The van der Waals surface area contributed by atoms with Gasteiger partial charge >= 0.3 is 0 Å². The standard InChI is InChI=1S/C14H30N4.HI/c1-12-6-8-18(9-7-12)13(15)16-10-14(2,3)11-17(4)5;/h12H,6-11H2,1-5H3,(H2,15,16);1H. The van der Waals surface area contributed by atoms with Gasteiger partial charge in [-0.25, -0.2) is 0 Å². The zero-order valence-corrected chi connectivity index (χ0v) is 15.5. The molecule has 5 heteroatoms. The molecule has 0 atom stereocenters. The average molecular weight is 382 g/mol. The number of hydrogen-bond donors (Lipinski definition) is 1. The minimum Gasteiger partial charge on any atom is -0.370 e. The Balaban J connectivity index is 0.00000324. The van der Waals surface area contributed by atoms with E-state index in [1.807, 2.05) is 0 Å². The number of rotatable bonds is 4. The molecule has 114 valence electrons. The van der Waals surface area contributed by atoms with Gasteiger partial charge in [0.15, 0.2) is 5.96 Å². The van der Waals surface area contributed by atoms with E-state index in [2.05, 4.69) is 49.7 Å². The van der Waals surface area contributed by atoms with Gasteiger partial charge in [0.05, 0.1) is 0 Å².